The molecule has 14 heteroatoms. The summed E-state index contributed by atoms with van der Waals surface area (Å²) in [5.41, 5.74) is 0.395. The van der Waals surface area contributed by atoms with Crippen LogP contribution in [0.1, 0.15) is 139 Å². The zero-order valence-electron chi connectivity index (χ0n) is 39.9. The Morgan fingerprint density at radius 2 is 0.913 bits per heavy atom. The lowest BCUT2D eigenvalue weighted by atomic mass is 9.89. The first kappa shape index (κ1) is 49.4. The van der Waals surface area contributed by atoms with E-state index in [2.05, 4.69) is 23.6 Å². The van der Waals surface area contributed by atoms with Gasteiger partial charge in [-0.1, -0.05) is 62.4 Å². The van der Waals surface area contributed by atoms with E-state index in [-0.39, 0.29) is 76.5 Å². The van der Waals surface area contributed by atoms with E-state index in [4.69, 9.17) is 14.2 Å². The molecule has 0 spiro atoms. The molecule has 10 rings (SSSR count). The highest BCUT2D eigenvalue weighted by molar-refractivity contribution is 5.92. The maximum atomic E-state index is 14.3. The van der Waals surface area contributed by atoms with Crippen molar-refractivity contribution in [2.24, 2.45) is 23.7 Å². The molecule has 0 radical (unpaired) electrons. The van der Waals surface area contributed by atoms with Gasteiger partial charge in [0.1, 0.15) is 22.6 Å². The number of carboxylic acids is 1. The number of halogens is 6. The lowest BCUT2D eigenvalue weighted by Crippen LogP contribution is -2.44. The van der Waals surface area contributed by atoms with Gasteiger partial charge in [0, 0.05) is 37.3 Å². The molecule has 4 aromatic carbocycles. The molecule has 4 aromatic rings. The van der Waals surface area contributed by atoms with Crippen LogP contribution in [0, 0.1) is 23.7 Å². The molecule has 6 aliphatic rings. The first-order valence-corrected chi connectivity index (χ1v) is 25.3. The molecular formula is C55H66F6N2O6. The standard InChI is InChI=1S/C28H34F3NO3.C27H32F3NO3/c1-17-6-10-22(11-7-17)35-25-13-12-23-18(4-3-5-24(23)26(25)28(29,30)31)16-32-20-8-9-21(32)15-19(14-20)27(33)34-2;1-16-5-9-21(10-6-16)34-24-12-11-22-17(3-2-4-23(22)25(24)27(28,29)30)15-31-19-7-8-20(31)14-18(13-19)26(32)33/h3-5,12-13,17,19-22H,6-11,14-16H2,1-2H3;2-4,11-12,16,18-21H,5-10,13-15H2,1H3,(H,32,33). The van der Waals surface area contributed by atoms with E-state index in [9.17, 15) is 41.0 Å². The van der Waals surface area contributed by atoms with E-state index in [0.717, 1.165) is 101 Å². The Hall–Kier alpha value is -4.56. The van der Waals surface area contributed by atoms with Crippen molar-refractivity contribution >= 4 is 33.5 Å². The number of carboxylic acid groups (broad SMARTS) is 1. The van der Waals surface area contributed by atoms with Gasteiger partial charge >= 0.3 is 24.3 Å². The Bertz CT molecular complexity index is 2450. The van der Waals surface area contributed by atoms with Gasteiger partial charge in [0.2, 0.25) is 0 Å². The number of carbonyl (C=O) groups excluding carboxylic acids is 1. The quantitative estimate of drug-likeness (QED) is 0.124. The molecule has 374 valence electrons. The van der Waals surface area contributed by atoms with Crippen LogP contribution in [0.3, 0.4) is 0 Å². The zero-order valence-corrected chi connectivity index (χ0v) is 39.9. The van der Waals surface area contributed by atoms with E-state index < -0.39 is 29.4 Å². The van der Waals surface area contributed by atoms with Gasteiger partial charge in [-0.2, -0.15) is 26.3 Å². The number of piperidine rings is 2. The van der Waals surface area contributed by atoms with Gasteiger partial charge < -0.3 is 19.3 Å². The SMILES string of the molecule is CC1CCC(Oc2ccc3c(CN4C5CCC4CC(C(=O)O)C5)cccc3c2C(F)(F)F)CC1.COC(=O)C1CC2CCC(C1)N2Cc1cccc2c(C(F)(F)F)c(OC3CCC(C)CC3)ccc12. The van der Waals surface area contributed by atoms with Crippen molar-refractivity contribution in [3.8, 4) is 11.5 Å². The summed E-state index contributed by atoms with van der Waals surface area (Å²) in [7, 11) is 1.43. The molecule has 4 unspecified atom stereocenters. The number of rotatable bonds is 10. The fourth-order valence-corrected chi connectivity index (χ4v) is 12.9. The van der Waals surface area contributed by atoms with Crippen LogP contribution in [0.2, 0.25) is 0 Å². The highest BCUT2D eigenvalue weighted by atomic mass is 19.4. The van der Waals surface area contributed by atoms with Crippen molar-refractivity contribution in [3.63, 3.8) is 0 Å². The molecule has 2 aliphatic carbocycles. The van der Waals surface area contributed by atoms with Gasteiger partial charge in [0.25, 0.3) is 0 Å². The van der Waals surface area contributed by atoms with Crippen molar-refractivity contribution in [2.45, 2.75) is 178 Å². The highest BCUT2D eigenvalue weighted by Crippen LogP contribution is 2.47. The summed E-state index contributed by atoms with van der Waals surface area (Å²) in [5, 5.41) is 11.0. The number of fused-ring (bicyclic) bond motifs is 6. The number of benzene rings is 4. The van der Waals surface area contributed by atoms with Gasteiger partial charge in [-0.15, -0.1) is 0 Å². The molecule has 4 atom stereocenters. The summed E-state index contributed by atoms with van der Waals surface area (Å²) in [4.78, 5) is 28.3. The minimum Gasteiger partial charge on any atom is -0.490 e. The highest BCUT2D eigenvalue weighted by Gasteiger charge is 2.45. The monoisotopic (exact) mass is 964 g/mol. The fraction of sp³-hybridized carbons (Fsp3) is 0.600. The number of methoxy groups -OCH3 is 1. The summed E-state index contributed by atoms with van der Waals surface area (Å²) < 4.78 is 103. The molecule has 6 fully saturated rings. The number of carbonyl (C=O) groups is 2. The van der Waals surface area contributed by atoms with Crippen molar-refractivity contribution in [3.05, 3.63) is 82.9 Å². The van der Waals surface area contributed by atoms with Crippen LogP contribution in [0.15, 0.2) is 60.7 Å². The molecule has 1 N–H and O–H groups in total. The third-order valence-electron chi connectivity index (χ3n) is 16.7. The zero-order chi connectivity index (χ0) is 48.8. The smallest absolute Gasteiger partial charge is 0.420 e. The first-order valence-electron chi connectivity index (χ1n) is 25.3. The number of hydrogen-bond acceptors (Lipinski definition) is 7. The fourth-order valence-electron chi connectivity index (χ4n) is 12.9. The second kappa shape index (κ2) is 20.3. The van der Waals surface area contributed by atoms with Crippen LogP contribution in [0.25, 0.3) is 21.5 Å². The Kier molecular flexibility index (Phi) is 14.5. The van der Waals surface area contributed by atoms with Gasteiger partial charge in [0.15, 0.2) is 0 Å². The lowest BCUT2D eigenvalue weighted by Gasteiger charge is -2.38. The molecular weight excluding hydrogens is 899 g/mol. The van der Waals surface area contributed by atoms with E-state index in [0.29, 0.717) is 48.5 Å². The second-order valence-corrected chi connectivity index (χ2v) is 21.2. The number of nitrogens with zero attached hydrogens (tertiary/aromatic N) is 2. The van der Waals surface area contributed by atoms with Crippen molar-refractivity contribution in [1.29, 1.82) is 0 Å². The summed E-state index contributed by atoms with van der Waals surface area (Å²) in [6.07, 6.45) is 4.35. The second-order valence-electron chi connectivity index (χ2n) is 21.2. The van der Waals surface area contributed by atoms with E-state index in [1.54, 1.807) is 36.4 Å². The van der Waals surface area contributed by atoms with E-state index >= 15 is 0 Å². The molecule has 2 saturated carbocycles. The number of ether oxygens (including phenoxy) is 3. The third-order valence-corrected chi connectivity index (χ3v) is 16.7. The molecule has 8 nitrogen and oxygen atoms in total. The molecule has 4 aliphatic heterocycles. The molecule has 4 heterocycles. The van der Waals surface area contributed by atoms with Gasteiger partial charge in [-0.25, -0.2) is 0 Å². The Balaban J connectivity index is 0.000000172. The van der Waals surface area contributed by atoms with Crippen molar-refractivity contribution in [2.75, 3.05) is 7.11 Å². The van der Waals surface area contributed by atoms with Gasteiger partial charge in [0.05, 0.1) is 31.2 Å². The topological polar surface area (TPSA) is 88.5 Å². The molecule has 4 bridgehead atoms. The molecule has 0 amide bonds. The van der Waals surface area contributed by atoms with E-state index in [1.807, 2.05) is 12.1 Å². The van der Waals surface area contributed by atoms with E-state index in [1.165, 1.54) is 19.2 Å². The van der Waals surface area contributed by atoms with Gasteiger partial charge in [-0.3, -0.25) is 19.4 Å². The van der Waals surface area contributed by atoms with Crippen LogP contribution in [-0.2, 0) is 39.8 Å². The largest absolute Gasteiger partial charge is 0.490 e. The predicted molar refractivity (Wildman–Crippen MR) is 252 cm³/mol. The predicted octanol–water partition coefficient (Wildman–Crippen LogP) is 13.4. The maximum absolute atomic E-state index is 14.3. The normalized spacial score (nSPS) is 29.6. The molecule has 0 aromatic heterocycles. The molecule has 4 saturated heterocycles. The average molecular weight is 965 g/mol. The van der Waals surface area contributed by atoms with Crippen LogP contribution in [-0.4, -0.2) is 70.3 Å². The van der Waals surface area contributed by atoms with Crippen molar-refractivity contribution in [1.82, 2.24) is 9.80 Å². The summed E-state index contributed by atoms with van der Waals surface area (Å²) >= 11 is 0. The number of alkyl halides is 6. The van der Waals surface area contributed by atoms with Crippen molar-refractivity contribution < 1.29 is 55.2 Å². The van der Waals surface area contributed by atoms with Gasteiger partial charge in [-0.05, 0) is 159 Å². The van der Waals surface area contributed by atoms with Crippen LogP contribution in [0.5, 0.6) is 11.5 Å². The van der Waals surface area contributed by atoms with Crippen LogP contribution < -0.4 is 9.47 Å². The summed E-state index contributed by atoms with van der Waals surface area (Å²) in [5.74, 6) is -0.222. The average Bonchev–Trinajstić information content (AvgIpc) is 3.66. The number of esters is 1. The summed E-state index contributed by atoms with van der Waals surface area (Å²) in [6.45, 7) is 5.47. The minimum atomic E-state index is -4.52. The van der Waals surface area contributed by atoms with Crippen LogP contribution >= 0.6 is 0 Å². The molecule has 69 heavy (non-hydrogen) atoms. The Morgan fingerprint density at radius 1 is 0.536 bits per heavy atom. The summed E-state index contributed by atoms with van der Waals surface area (Å²) in [6, 6.07) is 17.8. The number of hydrogen-bond donors (Lipinski definition) is 1. The first-order chi connectivity index (χ1) is 32.9. The Labute approximate surface area is 401 Å². The minimum absolute atomic E-state index is 0.0549. The Morgan fingerprint density at radius 3 is 1.26 bits per heavy atom. The maximum Gasteiger partial charge on any atom is 0.420 e. The van der Waals surface area contributed by atoms with Crippen LogP contribution in [0.4, 0.5) is 26.3 Å². The third kappa shape index (κ3) is 10.7. The number of aliphatic carboxylic acids is 1. The lowest BCUT2D eigenvalue weighted by molar-refractivity contribution is -0.148.